The summed E-state index contributed by atoms with van der Waals surface area (Å²) in [5, 5.41) is 8.63. The van der Waals surface area contributed by atoms with Crippen LogP contribution in [0.5, 0.6) is 0 Å². The Morgan fingerprint density at radius 2 is 2.29 bits per heavy atom. The third-order valence-electron chi connectivity index (χ3n) is 2.61. The van der Waals surface area contributed by atoms with Crippen molar-refractivity contribution in [1.29, 1.82) is 0 Å². The summed E-state index contributed by atoms with van der Waals surface area (Å²) in [5.41, 5.74) is 8.08. The Balaban J connectivity index is 2.30. The zero-order chi connectivity index (χ0) is 12.3. The number of halogens is 1. The van der Waals surface area contributed by atoms with Gasteiger partial charge in [0.2, 0.25) is 0 Å². The molecule has 4 nitrogen and oxygen atoms in total. The van der Waals surface area contributed by atoms with Crippen LogP contribution in [0.15, 0.2) is 30.5 Å². The van der Waals surface area contributed by atoms with Gasteiger partial charge in [-0.25, -0.2) is 4.68 Å². The first kappa shape index (κ1) is 12.1. The van der Waals surface area contributed by atoms with Crippen LogP contribution >= 0.6 is 11.6 Å². The van der Waals surface area contributed by atoms with Crippen LogP contribution in [0.4, 0.5) is 0 Å². The van der Waals surface area contributed by atoms with E-state index < -0.39 is 0 Å². The van der Waals surface area contributed by atoms with Crippen LogP contribution in [-0.2, 0) is 6.54 Å². The van der Waals surface area contributed by atoms with E-state index in [1.165, 1.54) is 0 Å². The summed E-state index contributed by atoms with van der Waals surface area (Å²) >= 11 is 5.96. The summed E-state index contributed by atoms with van der Waals surface area (Å²) in [5.74, 6) is 0. The minimum absolute atomic E-state index is 0.241. The fourth-order valence-corrected chi connectivity index (χ4v) is 1.96. The predicted octanol–water partition coefficient (Wildman–Crippen LogP) is 2.39. The Morgan fingerprint density at radius 3 is 3.00 bits per heavy atom. The first-order valence-electron chi connectivity index (χ1n) is 5.61. The second-order valence-corrected chi connectivity index (χ2v) is 4.35. The largest absolute Gasteiger partial charge is 0.319 e. The second kappa shape index (κ2) is 5.29. The molecule has 0 radical (unpaired) electrons. The van der Waals surface area contributed by atoms with Gasteiger partial charge >= 0.3 is 0 Å². The van der Waals surface area contributed by atoms with E-state index >= 15 is 0 Å². The molecule has 0 spiro atoms. The van der Waals surface area contributed by atoms with Gasteiger partial charge in [0.25, 0.3) is 0 Å². The maximum Gasteiger partial charge on any atom is 0.0799 e. The van der Waals surface area contributed by atoms with Gasteiger partial charge in [0.05, 0.1) is 17.9 Å². The summed E-state index contributed by atoms with van der Waals surface area (Å²) in [6.07, 6.45) is 2.71. The van der Waals surface area contributed by atoms with Crippen LogP contribution in [0.1, 0.15) is 30.6 Å². The Hall–Kier alpha value is -1.39. The van der Waals surface area contributed by atoms with Gasteiger partial charge in [-0.3, -0.25) is 0 Å². The van der Waals surface area contributed by atoms with Gasteiger partial charge in [-0.2, -0.15) is 0 Å². The van der Waals surface area contributed by atoms with Crippen LogP contribution < -0.4 is 5.73 Å². The van der Waals surface area contributed by atoms with E-state index in [-0.39, 0.29) is 6.04 Å². The first-order chi connectivity index (χ1) is 8.22. The normalized spacial score (nSPS) is 12.6. The molecular weight excluding hydrogens is 236 g/mol. The maximum atomic E-state index is 6.20. The van der Waals surface area contributed by atoms with Gasteiger partial charge in [-0.15, -0.1) is 5.10 Å². The highest BCUT2D eigenvalue weighted by Crippen LogP contribution is 2.21. The number of rotatable bonds is 4. The molecule has 17 heavy (non-hydrogen) atoms. The van der Waals surface area contributed by atoms with Crippen LogP contribution in [0.3, 0.4) is 0 Å². The minimum Gasteiger partial charge on any atom is -0.319 e. The van der Waals surface area contributed by atoms with Gasteiger partial charge in [0.15, 0.2) is 0 Å². The maximum absolute atomic E-state index is 6.20. The molecule has 2 rings (SSSR count). The smallest absolute Gasteiger partial charge is 0.0799 e. The first-order valence-corrected chi connectivity index (χ1v) is 5.99. The molecule has 5 heteroatoms. The van der Waals surface area contributed by atoms with Gasteiger partial charge in [-0.05, 0) is 24.1 Å². The number of aryl methyl sites for hydroxylation is 1. The molecule has 0 aliphatic heterocycles. The standard InChI is InChI=1S/C12H15ClN4/c1-2-6-17-11(8-15-16-17)12(14)9-4-3-5-10(13)7-9/h3-5,7-8,12H,2,6,14H2,1H3. The van der Waals surface area contributed by atoms with E-state index in [2.05, 4.69) is 17.2 Å². The summed E-state index contributed by atoms with van der Waals surface area (Å²) in [7, 11) is 0. The van der Waals surface area contributed by atoms with Gasteiger partial charge in [0, 0.05) is 11.6 Å². The topological polar surface area (TPSA) is 56.7 Å². The zero-order valence-electron chi connectivity index (χ0n) is 9.68. The molecule has 2 N–H and O–H groups in total. The highest BCUT2D eigenvalue weighted by Gasteiger charge is 2.14. The predicted molar refractivity (Wildman–Crippen MR) is 67.8 cm³/mol. The van der Waals surface area contributed by atoms with Crippen LogP contribution in [0.2, 0.25) is 5.02 Å². The van der Waals surface area contributed by atoms with Crippen molar-refractivity contribution in [2.45, 2.75) is 25.9 Å². The molecule has 1 aromatic heterocycles. The minimum atomic E-state index is -0.241. The highest BCUT2D eigenvalue weighted by molar-refractivity contribution is 6.30. The van der Waals surface area contributed by atoms with Gasteiger partial charge in [-0.1, -0.05) is 35.9 Å². The molecule has 0 aliphatic rings. The van der Waals surface area contributed by atoms with E-state index in [0.717, 1.165) is 24.2 Å². The van der Waals surface area contributed by atoms with Crippen molar-refractivity contribution in [3.63, 3.8) is 0 Å². The van der Waals surface area contributed by atoms with E-state index in [1.807, 2.05) is 28.9 Å². The number of aromatic nitrogens is 3. The van der Waals surface area contributed by atoms with E-state index in [9.17, 15) is 0 Å². The molecule has 90 valence electrons. The number of hydrogen-bond donors (Lipinski definition) is 1. The lowest BCUT2D eigenvalue weighted by Crippen LogP contribution is -2.17. The summed E-state index contributed by atoms with van der Waals surface area (Å²) in [6.45, 7) is 2.92. The van der Waals surface area contributed by atoms with Crippen molar-refractivity contribution >= 4 is 11.6 Å². The van der Waals surface area contributed by atoms with Crippen LogP contribution in [0, 0.1) is 0 Å². The third-order valence-corrected chi connectivity index (χ3v) is 2.84. The average Bonchev–Trinajstić information content (AvgIpc) is 2.77. The number of hydrogen-bond acceptors (Lipinski definition) is 3. The molecule has 1 atom stereocenters. The lowest BCUT2D eigenvalue weighted by Gasteiger charge is -2.13. The molecule has 0 saturated carbocycles. The fraction of sp³-hybridized carbons (Fsp3) is 0.333. The molecule has 0 amide bonds. The average molecular weight is 251 g/mol. The molecule has 0 saturated heterocycles. The molecule has 0 fully saturated rings. The fourth-order valence-electron chi connectivity index (χ4n) is 1.76. The number of nitrogens with two attached hydrogens (primary N) is 1. The third kappa shape index (κ3) is 2.65. The second-order valence-electron chi connectivity index (χ2n) is 3.91. The van der Waals surface area contributed by atoms with E-state index in [4.69, 9.17) is 17.3 Å². The van der Waals surface area contributed by atoms with Gasteiger partial charge < -0.3 is 5.73 Å². The zero-order valence-corrected chi connectivity index (χ0v) is 10.4. The monoisotopic (exact) mass is 250 g/mol. The Labute approximate surface area is 105 Å². The molecular formula is C12H15ClN4. The van der Waals surface area contributed by atoms with Gasteiger partial charge in [0.1, 0.15) is 0 Å². The van der Waals surface area contributed by atoms with E-state index in [0.29, 0.717) is 5.02 Å². The van der Waals surface area contributed by atoms with Crippen molar-refractivity contribution in [3.8, 4) is 0 Å². The van der Waals surface area contributed by atoms with Crippen molar-refractivity contribution in [1.82, 2.24) is 15.0 Å². The lowest BCUT2D eigenvalue weighted by atomic mass is 10.1. The molecule has 0 aliphatic carbocycles. The van der Waals surface area contributed by atoms with Crippen LogP contribution in [0.25, 0.3) is 0 Å². The summed E-state index contributed by atoms with van der Waals surface area (Å²) < 4.78 is 1.84. The molecule has 1 heterocycles. The Bertz CT molecular complexity index is 495. The number of nitrogens with zero attached hydrogens (tertiary/aromatic N) is 3. The Kier molecular flexibility index (Phi) is 3.76. The molecule has 0 bridgehead atoms. The van der Waals surface area contributed by atoms with Crippen molar-refractivity contribution in [2.24, 2.45) is 5.73 Å². The SMILES string of the molecule is CCCn1nncc1C(N)c1cccc(Cl)c1. The molecule has 1 aromatic carbocycles. The van der Waals surface area contributed by atoms with Crippen molar-refractivity contribution in [2.75, 3.05) is 0 Å². The van der Waals surface area contributed by atoms with Crippen molar-refractivity contribution in [3.05, 3.63) is 46.7 Å². The van der Waals surface area contributed by atoms with E-state index in [1.54, 1.807) is 6.20 Å². The highest BCUT2D eigenvalue weighted by atomic mass is 35.5. The molecule has 1 unspecified atom stereocenters. The Morgan fingerprint density at radius 1 is 1.47 bits per heavy atom. The summed E-state index contributed by atoms with van der Waals surface area (Å²) in [6, 6.07) is 7.32. The van der Waals surface area contributed by atoms with Crippen LogP contribution in [-0.4, -0.2) is 15.0 Å². The molecule has 2 aromatic rings. The quantitative estimate of drug-likeness (QED) is 0.907. The lowest BCUT2D eigenvalue weighted by molar-refractivity contribution is 0.543. The summed E-state index contributed by atoms with van der Waals surface area (Å²) in [4.78, 5) is 0. The van der Waals surface area contributed by atoms with Crippen molar-refractivity contribution < 1.29 is 0 Å². The number of benzene rings is 1.